The molecule has 4 rings (SSSR count). The van der Waals surface area contributed by atoms with Crippen LogP contribution in [0.1, 0.15) is 41.3 Å². The van der Waals surface area contributed by atoms with Crippen LogP contribution in [-0.2, 0) is 4.79 Å². The first kappa shape index (κ1) is 16.8. The minimum absolute atomic E-state index is 0.169. The number of amides is 1. The lowest BCUT2D eigenvalue weighted by Gasteiger charge is -2.16. The van der Waals surface area contributed by atoms with E-state index in [1.807, 2.05) is 37.3 Å². The summed E-state index contributed by atoms with van der Waals surface area (Å²) >= 11 is 1.41. The summed E-state index contributed by atoms with van der Waals surface area (Å²) in [5.74, 6) is 1.77. The molecule has 1 aliphatic rings. The molecule has 0 aliphatic heterocycles. The van der Waals surface area contributed by atoms with E-state index in [2.05, 4.69) is 25.2 Å². The molecule has 1 saturated carbocycles. The first-order chi connectivity index (χ1) is 12.6. The zero-order valence-corrected chi connectivity index (χ0v) is 15.4. The molecule has 1 N–H and O–H groups in total. The van der Waals surface area contributed by atoms with Crippen LogP contribution in [0.4, 0.5) is 5.82 Å². The molecule has 0 saturated heterocycles. The van der Waals surface area contributed by atoms with E-state index >= 15 is 0 Å². The van der Waals surface area contributed by atoms with Gasteiger partial charge in [0.25, 0.3) is 0 Å². The first-order valence-electron chi connectivity index (χ1n) is 8.49. The van der Waals surface area contributed by atoms with E-state index in [0.717, 1.165) is 29.4 Å². The quantitative estimate of drug-likeness (QED) is 0.667. The van der Waals surface area contributed by atoms with Gasteiger partial charge in [-0.2, -0.15) is 0 Å². The third kappa shape index (κ3) is 3.50. The topological polar surface area (TPSA) is 85.8 Å². The number of nitrogens with zero attached hydrogens (tertiary/aromatic N) is 4. The van der Waals surface area contributed by atoms with E-state index in [0.29, 0.717) is 17.6 Å². The molecule has 1 amide bonds. The predicted molar refractivity (Wildman–Crippen MR) is 97.9 cm³/mol. The van der Waals surface area contributed by atoms with Crippen LogP contribution in [0, 0.1) is 13.8 Å². The summed E-state index contributed by atoms with van der Waals surface area (Å²) in [6.45, 7) is 3.73. The fourth-order valence-corrected chi connectivity index (χ4v) is 3.96. The molecule has 0 bridgehead atoms. The molecule has 134 valence electrons. The van der Waals surface area contributed by atoms with Crippen molar-refractivity contribution in [1.29, 1.82) is 0 Å². The highest BCUT2D eigenvalue weighted by Crippen LogP contribution is 2.42. The number of anilines is 1. The van der Waals surface area contributed by atoms with Crippen molar-refractivity contribution >= 4 is 23.5 Å². The molecule has 1 aliphatic carbocycles. The molecule has 1 aromatic carbocycles. The predicted octanol–water partition coefficient (Wildman–Crippen LogP) is 3.69. The average molecular weight is 369 g/mol. The van der Waals surface area contributed by atoms with Gasteiger partial charge in [0.1, 0.15) is 16.8 Å². The van der Waals surface area contributed by atoms with Crippen molar-refractivity contribution in [2.45, 2.75) is 43.1 Å². The van der Waals surface area contributed by atoms with Crippen molar-refractivity contribution in [1.82, 2.24) is 19.9 Å². The average Bonchev–Trinajstić information content (AvgIpc) is 3.29. The normalized spacial score (nSPS) is 15.0. The summed E-state index contributed by atoms with van der Waals surface area (Å²) in [6, 6.07) is 11.8. The number of benzene rings is 1. The van der Waals surface area contributed by atoms with Gasteiger partial charge in [-0.05, 0) is 32.3 Å². The molecule has 0 unspecified atom stereocenters. The Morgan fingerprint density at radius 2 is 2.04 bits per heavy atom. The maximum atomic E-state index is 13.0. The summed E-state index contributed by atoms with van der Waals surface area (Å²) < 4.78 is 7.17. The zero-order valence-electron chi connectivity index (χ0n) is 14.5. The summed E-state index contributed by atoms with van der Waals surface area (Å²) in [6.07, 6.45) is 2.26. The number of rotatable bonds is 6. The van der Waals surface area contributed by atoms with Gasteiger partial charge >= 0.3 is 0 Å². The van der Waals surface area contributed by atoms with Gasteiger partial charge in [0.15, 0.2) is 11.0 Å². The van der Waals surface area contributed by atoms with Crippen molar-refractivity contribution in [2.24, 2.45) is 0 Å². The van der Waals surface area contributed by atoms with Crippen LogP contribution in [0.15, 0.2) is 46.1 Å². The summed E-state index contributed by atoms with van der Waals surface area (Å²) in [7, 11) is 0. The molecule has 3 aromatic rings. The molecular weight excluding hydrogens is 350 g/mol. The van der Waals surface area contributed by atoms with Gasteiger partial charge in [0, 0.05) is 12.1 Å². The van der Waals surface area contributed by atoms with E-state index in [1.54, 1.807) is 13.0 Å². The number of hydrogen-bond acceptors (Lipinski definition) is 6. The fourth-order valence-electron chi connectivity index (χ4n) is 2.81. The van der Waals surface area contributed by atoms with Crippen LogP contribution in [-0.4, -0.2) is 25.8 Å². The van der Waals surface area contributed by atoms with Crippen molar-refractivity contribution in [3.05, 3.63) is 53.5 Å². The number of aryl methyl sites for hydroxylation is 2. The highest BCUT2D eigenvalue weighted by atomic mass is 32.2. The van der Waals surface area contributed by atoms with Crippen molar-refractivity contribution in [2.75, 3.05) is 5.32 Å². The monoisotopic (exact) mass is 369 g/mol. The number of aromatic nitrogens is 4. The van der Waals surface area contributed by atoms with Gasteiger partial charge in [-0.3, -0.25) is 4.79 Å². The van der Waals surface area contributed by atoms with Crippen LogP contribution >= 0.6 is 11.8 Å². The Kier molecular flexibility index (Phi) is 4.50. The third-order valence-electron chi connectivity index (χ3n) is 4.19. The number of thioether (sulfide) groups is 1. The molecule has 0 radical (unpaired) electrons. The smallest absolute Gasteiger partial charge is 0.243 e. The number of carbonyl (C=O) groups excluding carboxylic acids is 1. The highest BCUT2D eigenvalue weighted by molar-refractivity contribution is 8.00. The van der Waals surface area contributed by atoms with Crippen molar-refractivity contribution in [3.8, 4) is 0 Å². The minimum atomic E-state index is -0.464. The van der Waals surface area contributed by atoms with E-state index in [4.69, 9.17) is 4.52 Å². The first-order valence-corrected chi connectivity index (χ1v) is 9.37. The van der Waals surface area contributed by atoms with Crippen LogP contribution < -0.4 is 5.32 Å². The SMILES string of the molecule is Cc1cc(NC(=O)[C@H](Sc2nnc(C)n2C2CC2)c2ccccc2)no1. The molecule has 7 nitrogen and oxygen atoms in total. The van der Waals surface area contributed by atoms with E-state index in [-0.39, 0.29) is 5.91 Å². The van der Waals surface area contributed by atoms with Crippen molar-refractivity contribution in [3.63, 3.8) is 0 Å². The molecule has 2 aromatic heterocycles. The van der Waals surface area contributed by atoms with Crippen LogP contribution in [0.2, 0.25) is 0 Å². The lowest BCUT2D eigenvalue weighted by molar-refractivity contribution is -0.115. The molecule has 1 fully saturated rings. The lowest BCUT2D eigenvalue weighted by atomic mass is 10.1. The van der Waals surface area contributed by atoms with Gasteiger partial charge in [-0.25, -0.2) is 0 Å². The Morgan fingerprint density at radius 1 is 1.27 bits per heavy atom. The van der Waals surface area contributed by atoms with Crippen LogP contribution in [0.3, 0.4) is 0 Å². The second kappa shape index (κ2) is 6.95. The van der Waals surface area contributed by atoms with Gasteiger partial charge < -0.3 is 14.4 Å². The Labute approximate surface area is 155 Å². The lowest BCUT2D eigenvalue weighted by Crippen LogP contribution is -2.19. The Bertz CT molecular complexity index is 917. The molecule has 8 heteroatoms. The number of hydrogen-bond donors (Lipinski definition) is 1. The van der Waals surface area contributed by atoms with E-state index in [1.165, 1.54) is 11.8 Å². The number of nitrogens with one attached hydrogen (secondary N) is 1. The summed E-state index contributed by atoms with van der Waals surface area (Å²) in [5, 5.41) is 15.5. The second-order valence-corrected chi connectivity index (χ2v) is 7.42. The third-order valence-corrected chi connectivity index (χ3v) is 5.40. The largest absolute Gasteiger partial charge is 0.360 e. The maximum absolute atomic E-state index is 13.0. The zero-order chi connectivity index (χ0) is 18.1. The summed E-state index contributed by atoms with van der Waals surface area (Å²) in [4.78, 5) is 13.0. The molecular formula is C18H19N5O2S. The van der Waals surface area contributed by atoms with Crippen molar-refractivity contribution < 1.29 is 9.32 Å². The fraction of sp³-hybridized carbons (Fsp3) is 0.333. The standard InChI is InChI=1S/C18H19N5O2S/c1-11-10-15(22-25-11)19-17(24)16(13-6-4-3-5-7-13)26-18-21-20-12(2)23(18)14-8-9-14/h3-7,10,14,16H,8-9H2,1-2H3,(H,19,22,24)/t16-/m1/s1. The maximum Gasteiger partial charge on any atom is 0.243 e. The van der Waals surface area contributed by atoms with Crippen LogP contribution in [0.5, 0.6) is 0 Å². The van der Waals surface area contributed by atoms with E-state index < -0.39 is 5.25 Å². The Morgan fingerprint density at radius 3 is 2.69 bits per heavy atom. The highest BCUT2D eigenvalue weighted by Gasteiger charge is 2.31. The summed E-state index contributed by atoms with van der Waals surface area (Å²) in [5.41, 5.74) is 0.901. The Hall–Kier alpha value is -2.61. The van der Waals surface area contributed by atoms with Gasteiger partial charge in [-0.1, -0.05) is 47.3 Å². The van der Waals surface area contributed by atoms with Crippen LogP contribution in [0.25, 0.3) is 0 Å². The Balaban J connectivity index is 1.62. The van der Waals surface area contributed by atoms with Gasteiger partial charge in [0.05, 0.1) is 0 Å². The molecule has 1 atom stereocenters. The molecule has 0 spiro atoms. The van der Waals surface area contributed by atoms with Gasteiger partial charge in [-0.15, -0.1) is 10.2 Å². The second-order valence-electron chi connectivity index (χ2n) is 6.35. The molecule has 2 heterocycles. The van der Waals surface area contributed by atoms with Gasteiger partial charge in [0.2, 0.25) is 5.91 Å². The minimum Gasteiger partial charge on any atom is -0.360 e. The number of carbonyl (C=O) groups is 1. The van der Waals surface area contributed by atoms with E-state index in [9.17, 15) is 4.79 Å². The molecule has 26 heavy (non-hydrogen) atoms.